The van der Waals surface area contributed by atoms with Crippen molar-refractivity contribution in [2.75, 3.05) is 6.61 Å². The highest BCUT2D eigenvalue weighted by atomic mass is 19.1. The maximum Gasteiger partial charge on any atom is 0.306 e. The molecular formula is C14H15FO4. The number of benzene rings is 1. The molecule has 0 aromatic heterocycles. The van der Waals surface area contributed by atoms with E-state index in [1.165, 1.54) is 19.1 Å². The molecule has 1 atom stereocenters. The van der Waals surface area contributed by atoms with Crippen molar-refractivity contribution in [3.63, 3.8) is 0 Å². The van der Waals surface area contributed by atoms with Gasteiger partial charge in [0.25, 0.3) is 0 Å². The van der Waals surface area contributed by atoms with Crippen LogP contribution < -0.4 is 0 Å². The summed E-state index contributed by atoms with van der Waals surface area (Å²) in [5.74, 6) is -3.06. The van der Waals surface area contributed by atoms with Gasteiger partial charge in [0.1, 0.15) is 11.6 Å². The van der Waals surface area contributed by atoms with E-state index in [-0.39, 0.29) is 18.6 Å². The number of hydrogen-bond acceptors (Lipinski definition) is 4. The Kier molecular flexibility index (Phi) is 5.36. The van der Waals surface area contributed by atoms with Crippen LogP contribution in [0.3, 0.4) is 0 Å². The third-order valence-electron chi connectivity index (χ3n) is 2.61. The van der Waals surface area contributed by atoms with Crippen LogP contribution in [0.25, 0.3) is 0 Å². The van der Waals surface area contributed by atoms with E-state index in [2.05, 4.69) is 0 Å². The van der Waals surface area contributed by atoms with E-state index in [4.69, 9.17) is 4.74 Å². The first kappa shape index (κ1) is 15.0. The normalized spacial score (nSPS) is 11.7. The second kappa shape index (κ2) is 6.78. The molecule has 1 aromatic rings. The fourth-order valence-corrected chi connectivity index (χ4v) is 1.62. The predicted molar refractivity (Wildman–Crippen MR) is 66.2 cm³/mol. The molecule has 0 N–H and O–H groups in total. The third-order valence-corrected chi connectivity index (χ3v) is 2.61. The van der Waals surface area contributed by atoms with Crippen LogP contribution in [0.4, 0.5) is 4.39 Å². The molecule has 0 saturated carbocycles. The second-order valence-electron chi connectivity index (χ2n) is 4.04. The lowest BCUT2D eigenvalue weighted by atomic mass is 9.91. The van der Waals surface area contributed by atoms with Crippen molar-refractivity contribution < 1.29 is 23.5 Å². The molecule has 0 amide bonds. The average molecular weight is 266 g/mol. The van der Waals surface area contributed by atoms with Crippen molar-refractivity contribution >= 4 is 17.5 Å². The Morgan fingerprint density at radius 3 is 2.26 bits per heavy atom. The number of carbonyl (C=O) groups excluding carboxylic acids is 3. The molecule has 1 rings (SSSR count). The zero-order valence-electron chi connectivity index (χ0n) is 10.8. The quantitative estimate of drug-likeness (QED) is 0.450. The number of hydrogen-bond donors (Lipinski definition) is 0. The minimum atomic E-state index is -1.08. The van der Waals surface area contributed by atoms with E-state index in [0.29, 0.717) is 0 Å². The van der Waals surface area contributed by atoms with Crippen molar-refractivity contribution in [1.29, 1.82) is 0 Å². The average Bonchev–Trinajstić information content (AvgIpc) is 2.36. The summed E-state index contributed by atoms with van der Waals surface area (Å²) in [6.45, 7) is 3.07. The summed E-state index contributed by atoms with van der Waals surface area (Å²) in [7, 11) is 0. The number of Topliss-reactive ketones (excluding diaryl/α,β-unsaturated/α-hetero) is 2. The minimum absolute atomic E-state index is 0.189. The van der Waals surface area contributed by atoms with Crippen molar-refractivity contribution in [2.24, 2.45) is 5.92 Å². The van der Waals surface area contributed by atoms with Gasteiger partial charge in [-0.3, -0.25) is 14.4 Å². The topological polar surface area (TPSA) is 60.4 Å². The van der Waals surface area contributed by atoms with Gasteiger partial charge in [0.05, 0.1) is 18.9 Å². The molecule has 0 spiro atoms. The summed E-state index contributed by atoms with van der Waals surface area (Å²) in [4.78, 5) is 34.9. The fourth-order valence-electron chi connectivity index (χ4n) is 1.62. The zero-order valence-corrected chi connectivity index (χ0v) is 10.8. The first-order chi connectivity index (χ1) is 8.95. The van der Waals surface area contributed by atoms with E-state index >= 15 is 0 Å². The van der Waals surface area contributed by atoms with Gasteiger partial charge < -0.3 is 4.74 Å². The Morgan fingerprint density at radius 1 is 1.21 bits per heavy atom. The van der Waals surface area contributed by atoms with Crippen LogP contribution in [-0.4, -0.2) is 24.1 Å². The number of carbonyl (C=O) groups is 3. The lowest BCUT2D eigenvalue weighted by molar-refractivity contribution is -0.145. The van der Waals surface area contributed by atoms with Crippen LogP contribution >= 0.6 is 0 Å². The summed E-state index contributed by atoms with van der Waals surface area (Å²) < 4.78 is 17.5. The molecule has 1 aromatic carbocycles. The fraction of sp³-hybridized carbons (Fsp3) is 0.357. The summed E-state index contributed by atoms with van der Waals surface area (Å²) in [5, 5.41) is 0. The zero-order chi connectivity index (χ0) is 14.4. The Balaban J connectivity index is 2.87. The molecule has 102 valence electrons. The molecular weight excluding hydrogens is 251 g/mol. The van der Waals surface area contributed by atoms with Crippen LogP contribution in [0.15, 0.2) is 24.3 Å². The van der Waals surface area contributed by atoms with Crippen LogP contribution in [-0.2, 0) is 14.3 Å². The molecule has 5 heteroatoms. The first-order valence-corrected chi connectivity index (χ1v) is 5.91. The van der Waals surface area contributed by atoms with Crippen LogP contribution in [0, 0.1) is 11.7 Å². The molecule has 4 nitrogen and oxygen atoms in total. The van der Waals surface area contributed by atoms with Gasteiger partial charge in [-0.2, -0.15) is 0 Å². The Bertz CT molecular complexity index is 479. The number of ether oxygens (including phenoxy) is 1. The number of ketones is 2. The Morgan fingerprint density at radius 2 is 1.79 bits per heavy atom. The van der Waals surface area contributed by atoms with Crippen LogP contribution in [0.5, 0.6) is 0 Å². The number of halogens is 1. The monoisotopic (exact) mass is 266 g/mol. The third kappa shape index (κ3) is 4.28. The second-order valence-corrected chi connectivity index (χ2v) is 4.04. The largest absolute Gasteiger partial charge is 0.466 e. The summed E-state index contributed by atoms with van der Waals surface area (Å²) in [6, 6.07) is 4.85. The van der Waals surface area contributed by atoms with Gasteiger partial charge in [-0.25, -0.2) is 4.39 Å². The minimum Gasteiger partial charge on any atom is -0.466 e. The van der Waals surface area contributed by atoms with E-state index < -0.39 is 29.3 Å². The van der Waals surface area contributed by atoms with E-state index in [1.807, 2.05) is 0 Å². The Labute approximate surface area is 110 Å². The molecule has 0 unspecified atom stereocenters. The van der Waals surface area contributed by atoms with Gasteiger partial charge in [-0.15, -0.1) is 0 Å². The lowest BCUT2D eigenvalue weighted by Gasteiger charge is -2.12. The van der Waals surface area contributed by atoms with Crippen molar-refractivity contribution in [2.45, 2.75) is 20.3 Å². The molecule has 0 aliphatic rings. The molecule has 0 heterocycles. The Hall–Kier alpha value is -2.04. The van der Waals surface area contributed by atoms with E-state index in [9.17, 15) is 18.8 Å². The van der Waals surface area contributed by atoms with E-state index in [1.54, 1.807) is 6.92 Å². The molecule has 0 radical (unpaired) electrons. The van der Waals surface area contributed by atoms with Crippen molar-refractivity contribution in [3.8, 4) is 0 Å². The highest BCUT2D eigenvalue weighted by Crippen LogP contribution is 2.15. The summed E-state index contributed by atoms with van der Waals surface area (Å²) in [5.41, 5.74) is 0.200. The smallest absolute Gasteiger partial charge is 0.306 e. The van der Waals surface area contributed by atoms with Crippen molar-refractivity contribution in [1.82, 2.24) is 0 Å². The predicted octanol–water partition coefficient (Wildman–Crippen LogP) is 2.17. The number of esters is 1. The van der Waals surface area contributed by atoms with Gasteiger partial charge in [-0.05, 0) is 38.1 Å². The highest BCUT2D eigenvalue weighted by molar-refractivity contribution is 6.11. The molecule has 0 saturated heterocycles. The lowest BCUT2D eigenvalue weighted by Crippen LogP contribution is -2.26. The SMILES string of the molecule is CCOC(=O)C[C@H](C(C)=O)C(=O)c1ccc(F)cc1. The summed E-state index contributed by atoms with van der Waals surface area (Å²) >= 11 is 0. The maximum absolute atomic E-state index is 12.8. The molecule has 0 bridgehead atoms. The molecule has 0 aliphatic carbocycles. The van der Waals surface area contributed by atoms with E-state index in [0.717, 1.165) is 12.1 Å². The van der Waals surface area contributed by atoms with Gasteiger partial charge in [0.15, 0.2) is 5.78 Å². The first-order valence-electron chi connectivity index (χ1n) is 5.91. The summed E-state index contributed by atoms with van der Waals surface area (Å²) in [6.07, 6.45) is -0.292. The van der Waals surface area contributed by atoms with Crippen molar-refractivity contribution in [3.05, 3.63) is 35.6 Å². The van der Waals surface area contributed by atoms with Crippen LogP contribution in [0.1, 0.15) is 30.6 Å². The molecule has 0 fully saturated rings. The van der Waals surface area contributed by atoms with Crippen LogP contribution in [0.2, 0.25) is 0 Å². The standard InChI is InChI=1S/C14H15FO4/c1-3-19-13(17)8-12(9(2)16)14(18)10-4-6-11(15)7-5-10/h4-7,12H,3,8H2,1-2H3/t12-/m1/s1. The van der Waals surface area contributed by atoms with Gasteiger partial charge in [0, 0.05) is 5.56 Å². The van der Waals surface area contributed by atoms with Gasteiger partial charge in [-0.1, -0.05) is 0 Å². The highest BCUT2D eigenvalue weighted by Gasteiger charge is 2.27. The maximum atomic E-state index is 12.8. The molecule has 19 heavy (non-hydrogen) atoms. The number of rotatable bonds is 6. The van der Waals surface area contributed by atoms with Gasteiger partial charge >= 0.3 is 5.97 Å². The van der Waals surface area contributed by atoms with Gasteiger partial charge in [0.2, 0.25) is 0 Å². The molecule has 0 aliphatic heterocycles.